The fourth-order valence-corrected chi connectivity index (χ4v) is 2.40. The van der Waals surface area contributed by atoms with E-state index in [1.165, 1.54) is 11.8 Å². The van der Waals surface area contributed by atoms with E-state index in [9.17, 15) is 0 Å². The highest BCUT2D eigenvalue weighted by Gasteiger charge is 2.17. The molecule has 0 saturated carbocycles. The first kappa shape index (κ1) is 11.9. The first-order valence-electron chi connectivity index (χ1n) is 4.93. The van der Waals surface area contributed by atoms with Crippen molar-refractivity contribution in [1.29, 1.82) is 0 Å². The standard InChI is InChI=1S/C11H12N4S2/c1-17-11-8(10(13)16)9(12)15(14-11)7-5-3-2-4-6-7/h2-6H,12H2,1H3,(H2,13,16). The summed E-state index contributed by atoms with van der Waals surface area (Å²) in [6, 6.07) is 9.64. The van der Waals surface area contributed by atoms with Crippen LogP contribution in [0.25, 0.3) is 5.69 Å². The summed E-state index contributed by atoms with van der Waals surface area (Å²) in [5.41, 5.74) is 13.2. The van der Waals surface area contributed by atoms with E-state index in [0.29, 0.717) is 11.4 Å². The number of nitrogen functional groups attached to an aromatic ring is 1. The van der Waals surface area contributed by atoms with Gasteiger partial charge in [0, 0.05) is 0 Å². The van der Waals surface area contributed by atoms with Crippen LogP contribution in [-0.4, -0.2) is 21.0 Å². The minimum absolute atomic E-state index is 0.272. The van der Waals surface area contributed by atoms with Gasteiger partial charge in [0.15, 0.2) is 0 Å². The van der Waals surface area contributed by atoms with Crippen LogP contribution in [0.5, 0.6) is 0 Å². The molecule has 4 N–H and O–H groups in total. The molecule has 2 rings (SSSR count). The molecule has 88 valence electrons. The highest BCUT2D eigenvalue weighted by molar-refractivity contribution is 7.98. The van der Waals surface area contributed by atoms with Crippen LogP contribution in [0, 0.1) is 0 Å². The molecule has 0 unspecified atom stereocenters. The Morgan fingerprint density at radius 2 is 2.00 bits per heavy atom. The molecule has 0 aliphatic carbocycles. The highest BCUT2D eigenvalue weighted by Crippen LogP contribution is 2.26. The van der Waals surface area contributed by atoms with Gasteiger partial charge in [-0.05, 0) is 18.4 Å². The van der Waals surface area contributed by atoms with Gasteiger partial charge in [0.1, 0.15) is 15.8 Å². The summed E-state index contributed by atoms with van der Waals surface area (Å²) in [7, 11) is 0. The molecule has 0 bridgehead atoms. The van der Waals surface area contributed by atoms with Gasteiger partial charge >= 0.3 is 0 Å². The van der Waals surface area contributed by atoms with Gasteiger partial charge in [-0.2, -0.15) is 5.10 Å². The van der Waals surface area contributed by atoms with E-state index >= 15 is 0 Å². The van der Waals surface area contributed by atoms with Crippen LogP contribution >= 0.6 is 24.0 Å². The first-order valence-corrected chi connectivity index (χ1v) is 6.56. The van der Waals surface area contributed by atoms with Gasteiger partial charge in [0.05, 0.1) is 11.3 Å². The zero-order valence-corrected chi connectivity index (χ0v) is 10.9. The lowest BCUT2D eigenvalue weighted by molar-refractivity contribution is 0.846. The molecular weight excluding hydrogens is 252 g/mol. The SMILES string of the molecule is CSc1nn(-c2ccccc2)c(N)c1C(N)=S. The fraction of sp³-hybridized carbons (Fsp3) is 0.0909. The van der Waals surface area contributed by atoms with Gasteiger partial charge in [-0.15, -0.1) is 11.8 Å². The van der Waals surface area contributed by atoms with Crippen LogP contribution in [0.4, 0.5) is 5.82 Å². The highest BCUT2D eigenvalue weighted by atomic mass is 32.2. The molecule has 0 radical (unpaired) electrons. The smallest absolute Gasteiger partial charge is 0.138 e. The van der Waals surface area contributed by atoms with Crippen molar-refractivity contribution in [1.82, 2.24) is 9.78 Å². The Kier molecular flexibility index (Phi) is 3.35. The minimum atomic E-state index is 0.272. The Labute approximate surface area is 109 Å². The van der Waals surface area contributed by atoms with Crippen molar-refractivity contribution in [2.75, 3.05) is 12.0 Å². The van der Waals surface area contributed by atoms with Crippen LogP contribution in [0.1, 0.15) is 5.56 Å². The molecular formula is C11H12N4S2. The number of hydrogen-bond donors (Lipinski definition) is 2. The lowest BCUT2D eigenvalue weighted by Crippen LogP contribution is -2.12. The number of nitrogens with zero attached hydrogens (tertiary/aromatic N) is 2. The second-order valence-electron chi connectivity index (χ2n) is 3.38. The zero-order valence-electron chi connectivity index (χ0n) is 9.25. The van der Waals surface area contributed by atoms with Crippen LogP contribution in [0.3, 0.4) is 0 Å². The molecule has 1 heterocycles. The molecule has 0 aliphatic heterocycles. The Bertz CT molecular complexity index is 548. The van der Waals surface area contributed by atoms with E-state index in [4.69, 9.17) is 23.7 Å². The molecule has 0 spiro atoms. The number of aromatic nitrogens is 2. The zero-order chi connectivity index (χ0) is 12.4. The van der Waals surface area contributed by atoms with E-state index < -0.39 is 0 Å². The largest absolute Gasteiger partial charge is 0.389 e. The summed E-state index contributed by atoms with van der Waals surface area (Å²) in [6.45, 7) is 0. The summed E-state index contributed by atoms with van der Waals surface area (Å²) in [6.07, 6.45) is 1.92. The van der Waals surface area contributed by atoms with Crippen molar-refractivity contribution in [3.63, 3.8) is 0 Å². The summed E-state index contributed by atoms with van der Waals surface area (Å²) < 4.78 is 1.65. The molecule has 0 fully saturated rings. The van der Waals surface area contributed by atoms with Crippen molar-refractivity contribution in [2.24, 2.45) is 5.73 Å². The topological polar surface area (TPSA) is 69.9 Å². The number of rotatable bonds is 3. The molecule has 1 aromatic carbocycles. The van der Waals surface area contributed by atoms with Crippen molar-refractivity contribution >= 4 is 34.8 Å². The van der Waals surface area contributed by atoms with Gasteiger partial charge in [0.25, 0.3) is 0 Å². The van der Waals surface area contributed by atoms with E-state index in [-0.39, 0.29) is 4.99 Å². The predicted octanol–water partition coefficient (Wildman–Crippen LogP) is 1.81. The van der Waals surface area contributed by atoms with Crippen LogP contribution in [0.2, 0.25) is 0 Å². The predicted molar refractivity (Wildman–Crippen MR) is 75.6 cm³/mol. The third kappa shape index (κ3) is 2.13. The number of anilines is 1. The quantitative estimate of drug-likeness (QED) is 0.653. The van der Waals surface area contributed by atoms with Crippen molar-refractivity contribution < 1.29 is 0 Å². The summed E-state index contributed by atoms with van der Waals surface area (Å²) in [4.78, 5) is 0.272. The maximum Gasteiger partial charge on any atom is 0.138 e. The molecule has 0 aliphatic rings. The Hall–Kier alpha value is -1.53. The van der Waals surface area contributed by atoms with Crippen molar-refractivity contribution in [3.05, 3.63) is 35.9 Å². The first-order chi connectivity index (χ1) is 8.15. The average Bonchev–Trinajstić information content (AvgIpc) is 2.67. The fourth-order valence-electron chi connectivity index (χ4n) is 1.55. The number of para-hydroxylation sites is 1. The minimum Gasteiger partial charge on any atom is -0.389 e. The Morgan fingerprint density at radius 1 is 1.35 bits per heavy atom. The Morgan fingerprint density at radius 3 is 2.47 bits per heavy atom. The van der Waals surface area contributed by atoms with Crippen LogP contribution in [0.15, 0.2) is 35.4 Å². The Balaban J connectivity index is 2.61. The number of thioether (sulfide) groups is 1. The summed E-state index contributed by atoms with van der Waals surface area (Å²) in [5, 5.41) is 5.16. The van der Waals surface area contributed by atoms with Crippen LogP contribution < -0.4 is 11.5 Å². The van der Waals surface area contributed by atoms with Gasteiger partial charge in [-0.1, -0.05) is 30.4 Å². The molecule has 4 nitrogen and oxygen atoms in total. The van der Waals surface area contributed by atoms with Crippen molar-refractivity contribution in [3.8, 4) is 5.69 Å². The molecule has 17 heavy (non-hydrogen) atoms. The molecule has 0 saturated heterocycles. The van der Waals surface area contributed by atoms with Crippen molar-refractivity contribution in [2.45, 2.75) is 5.03 Å². The average molecular weight is 264 g/mol. The van der Waals surface area contributed by atoms with E-state index in [1.54, 1.807) is 4.68 Å². The molecule has 1 aromatic heterocycles. The van der Waals surface area contributed by atoms with Gasteiger partial charge in [-0.25, -0.2) is 4.68 Å². The molecule has 2 aromatic rings. The normalized spacial score (nSPS) is 10.4. The third-order valence-corrected chi connectivity index (χ3v) is 3.21. The third-order valence-electron chi connectivity index (χ3n) is 2.33. The number of nitrogens with two attached hydrogens (primary N) is 2. The van der Waals surface area contributed by atoms with E-state index in [2.05, 4.69) is 5.10 Å². The van der Waals surface area contributed by atoms with Gasteiger partial charge in [0.2, 0.25) is 0 Å². The number of benzene rings is 1. The van der Waals surface area contributed by atoms with E-state index in [0.717, 1.165) is 10.7 Å². The van der Waals surface area contributed by atoms with Gasteiger partial charge in [-0.3, -0.25) is 0 Å². The second kappa shape index (κ2) is 4.77. The second-order valence-corrected chi connectivity index (χ2v) is 4.62. The summed E-state index contributed by atoms with van der Waals surface area (Å²) >= 11 is 6.47. The lowest BCUT2D eigenvalue weighted by Gasteiger charge is -2.03. The monoisotopic (exact) mass is 264 g/mol. The molecule has 0 amide bonds. The maximum atomic E-state index is 6.03. The molecule has 6 heteroatoms. The number of thiocarbonyl (C=S) groups is 1. The molecule has 0 atom stereocenters. The summed E-state index contributed by atoms with van der Waals surface area (Å²) in [5.74, 6) is 0.480. The number of hydrogen-bond acceptors (Lipinski definition) is 4. The van der Waals surface area contributed by atoms with Gasteiger partial charge < -0.3 is 11.5 Å². The van der Waals surface area contributed by atoms with Crippen LogP contribution in [-0.2, 0) is 0 Å². The maximum absolute atomic E-state index is 6.03. The van der Waals surface area contributed by atoms with E-state index in [1.807, 2.05) is 36.6 Å². The lowest BCUT2D eigenvalue weighted by atomic mass is 10.3.